The molecule has 0 aliphatic carbocycles. The van der Waals surface area contributed by atoms with Gasteiger partial charge < -0.3 is 13.0 Å². The Morgan fingerprint density at radius 2 is 0.833 bits per heavy atom. The number of unbranched alkanes of at least 4 members (excludes halogenated alkanes) is 13. The third kappa shape index (κ3) is 16.5. The van der Waals surface area contributed by atoms with Crippen molar-refractivity contribution in [1.29, 1.82) is 0 Å². The largest absolute Gasteiger partial charge is 0.409 e. The van der Waals surface area contributed by atoms with Gasteiger partial charge in [-0.1, -0.05) is 109 Å². The van der Waals surface area contributed by atoms with E-state index in [4.69, 9.17) is 13.0 Å². The van der Waals surface area contributed by atoms with Crippen LogP contribution in [0.4, 0.5) is 0 Å². The molecule has 0 spiro atoms. The number of hydrogen-bond acceptors (Lipinski definition) is 3. The topological polar surface area (TPSA) is 27.7 Å². The van der Waals surface area contributed by atoms with Crippen molar-refractivity contribution in [2.45, 2.75) is 123 Å². The lowest BCUT2D eigenvalue weighted by molar-refractivity contribution is 0.197. The summed E-state index contributed by atoms with van der Waals surface area (Å²) in [5.74, 6) is 0. The van der Waals surface area contributed by atoms with E-state index in [1.165, 1.54) is 83.5 Å². The lowest BCUT2D eigenvalue weighted by atomic mass is 10.1. The summed E-state index contributed by atoms with van der Waals surface area (Å²) in [5.41, 5.74) is 3.76. The van der Waals surface area contributed by atoms with Crippen molar-refractivity contribution in [2.24, 2.45) is 0 Å². The molecule has 0 aromatic rings. The van der Waals surface area contributed by atoms with Crippen LogP contribution in [0.1, 0.15) is 110 Å². The minimum atomic E-state index is -2.42. The zero-order valence-corrected chi connectivity index (χ0v) is 22.8. The Hall–Kier alpha value is -0.206. The minimum absolute atomic E-state index is 0.739. The maximum Gasteiger partial charge on any atom is 0.352 e. The van der Waals surface area contributed by atoms with Gasteiger partial charge in [-0.3, -0.25) is 0 Å². The van der Waals surface area contributed by atoms with Gasteiger partial charge in [0.05, 0.1) is 0 Å². The van der Waals surface area contributed by atoms with E-state index < -0.39 is 17.1 Å². The molecule has 3 nitrogen and oxygen atoms in total. The lowest BCUT2D eigenvalue weighted by Crippen LogP contribution is -2.50. The second-order valence-electron chi connectivity index (χ2n) is 8.84. The van der Waals surface area contributed by atoms with Crippen LogP contribution >= 0.6 is 0 Å². The Kier molecular flexibility index (Phi) is 19.3. The van der Waals surface area contributed by atoms with Crippen molar-refractivity contribution in [2.75, 3.05) is 13.2 Å². The molecular formula is C25H52O3Si2. The van der Waals surface area contributed by atoms with Crippen molar-refractivity contribution in [1.82, 2.24) is 0 Å². The molecule has 0 aromatic carbocycles. The van der Waals surface area contributed by atoms with Crippen LogP contribution in [-0.2, 0) is 13.0 Å². The SMILES string of the molecule is C=C[Si](C)(OCCCCC)O[Si](C)(C=C)OCCCCCCCCCCCCCC. The Bertz CT molecular complexity index is 419. The summed E-state index contributed by atoms with van der Waals surface area (Å²) in [4.78, 5) is 0. The summed E-state index contributed by atoms with van der Waals surface area (Å²) in [6.07, 6.45) is 19.7. The van der Waals surface area contributed by atoms with Crippen molar-refractivity contribution < 1.29 is 13.0 Å². The van der Waals surface area contributed by atoms with Crippen LogP contribution in [0.15, 0.2) is 24.6 Å². The molecule has 5 heteroatoms. The van der Waals surface area contributed by atoms with Crippen LogP contribution < -0.4 is 0 Å². The van der Waals surface area contributed by atoms with Crippen LogP contribution in [0, 0.1) is 0 Å². The summed E-state index contributed by atoms with van der Waals surface area (Å²) in [5, 5.41) is 0. The zero-order valence-electron chi connectivity index (χ0n) is 20.8. The number of rotatable bonds is 23. The third-order valence-electron chi connectivity index (χ3n) is 5.67. The fourth-order valence-electron chi connectivity index (χ4n) is 3.51. The molecule has 30 heavy (non-hydrogen) atoms. The fraction of sp³-hybridized carbons (Fsp3) is 0.840. The normalized spacial score (nSPS) is 15.5. The minimum Gasteiger partial charge on any atom is -0.409 e. The second-order valence-corrected chi connectivity index (χ2v) is 15.1. The van der Waals surface area contributed by atoms with Crippen molar-refractivity contribution in [3.8, 4) is 0 Å². The molecule has 0 saturated heterocycles. The highest BCUT2D eigenvalue weighted by molar-refractivity contribution is 6.84. The van der Waals surface area contributed by atoms with E-state index in [0.29, 0.717) is 0 Å². The highest BCUT2D eigenvalue weighted by Gasteiger charge is 2.39. The van der Waals surface area contributed by atoms with Crippen LogP contribution in [0.3, 0.4) is 0 Å². The van der Waals surface area contributed by atoms with E-state index in [1.54, 1.807) is 0 Å². The van der Waals surface area contributed by atoms with Gasteiger partial charge in [0.2, 0.25) is 0 Å². The molecule has 0 radical (unpaired) electrons. The van der Waals surface area contributed by atoms with Gasteiger partial charge in [0.1, 0.15) is 0 Å². The molecule has 0 rings (SSSR count). The van der Waals surface area contributed by atoms with Gasteiger partial charge in [-0.05, 0) is 25.9 Å². The van der Waals surface area contributed by atoms with Crippen molar-refractivity contribution in [3.05, 3.63) is 24.6 Å². The van der Waals surface area contributed by atoms with Gasteiger partial charge >= 0.3 is 17.1 Å². The average Bonchev–Trinajstić information content (AvgIpc) is 2.74. The molecule has 0 amide bonds. The van der Waals surface area contributed by atoms with Gasteiger partial charge in [0, 0.05) is 13.2 Å². The first kappa shape index (κ1) is 29.8. The Morgan fingerprint density at radius 1 is 0.533 bits per heavy atom. The summed E-state index contributed by atoms with van der Waals surface area (Å²) < 4.78 is 18.7. The van der Waals surface area contributed by atoms with Crippen molar-refractivity contribution in [3.63, 3.8) is 0 Å². The van der Waals surface area contributed by atoms with Crippen LogP contribution in [0.2, 0.25) is 13.1 Å². The molecule has 0 saturated carbocycles. The zero-order chi connectivity index (χ0) is 22.6. The van der Waals surface area contributed by atoms with Gasteiger partial charge in [-0.2, -0.15) is 0 Å². The maximum atomic E-state index is 6.41. The average molecular weight is 457 g/mol. The van der Waals surface area contributed by atoms with Gasteiger partial charge in [0.25, 0.3) is 0 Å². The monoisotopic (exact) mass is 456 g/mol. The van der Waals surface area contributed by atoms with E-state index in [1.807, 2.05) is 11.4 Å². The summed E-state index contributed by atoms with van der Waals surface area (Å²) in [6, 6.07) is 0. The van der Waals surface area contributed by atoms with E-state index >= 15 is 0 Å². The highest BCUT2D eigenvalue weighted by Crippen LogP contribution is 2.20. The quantitative estimate of drug-likeness (QED) is 0.114. The molecular weight excluding hydrogens is 404 g/mol. The number of hydrogen-bond donors (Lipinski definition) is 0. The first-order chi connectivity index (χ1) is 14.4. The van der Waals surface area contributed by atoms with Gasteiger partial charge in [-0.15, -0.1) is 13.2 Å². The van der Waals surface area contributed by atoms with E-state index in [9.17, 15) is 0 Å². The predicted molar refractivity (Wildman–Crippen MR) is 137 cm³/mol. The van der Waals surface area contributed by atoms with E-state index in [-0.39, 0.29) is 0 Å². The summed E-state index contributed by atoms with van der Waals surface area (Å²) in [6.45, 7) is 18.1. The van der Waals surface area contributed by atoms with Crippen molar-refractivity contribution >= 4 is 17.1 Å². The Morgan fingerprint density at radius 3 is 1.20 bits per heavy atom. The smallest absolute Gasteiger partial charge is 0.352 e. The predicted octanol–water partition coefficient (Wildman–Crippen LogP) is 8.52. The molecule has 0 aliphatic rings. The second kappa shape index (κ2) is 19.5. The summed E-state index contributed by atoms with van der Waals surface area (Å²) in [7, 11) is -4.82. The fourth-order valence-corrected chi connectivity index (χ4v) is 9.20. The first-order valence-corrected chi connectivity index (χ1v) is 17.5. The van der Waals surface area contributed by atoms with Crippen LogP contribution in [-0.4, -0.2) is 30.3 Å². The van der Waals surface area contributed by atoms with E-state index in [2.05, 4.69) is 40.1 Å². The van der Waals surface area contributed by atoms with Crippen LogP contribution in [0.5, 0.6) is 0 Å². The van der Waals surface area contributed by atoms with Gasteiger partial charge in [0.15, 0.2) is 0 Å². The molecule has 178 valence electrons. The Labute approximate surface area is 191 Å². The maximum absolute atomic E-state index is 6.41. The molecule has 0 heterocycles. The lowest BCUT2D eigenvalue weighted by Gasteiger charge is -2.33. The van der Waals surface area contributed by atoms with E-state index in [0.717, 1.165) is 26.1 Å². The molecule has 0 aromatic heterocycles. The summed E-state index contributed by atoms with van der Waals surface area (Å²) >= 11 is 0. The first-order valence-electron chi connectivity index (χ1n) is 12.7. The van der Waals surface area contributed by atoms with Crippen LogP contribution in [0.25, 0.3) is 0 Å². The molecule has 0 fully saturated rings. The Balaban J connectivity index is 3.89. The third-order valence-corrected chi connectivity index (χ3v) is 12.0. The molecule has 2 atom stereocenters. The molecule has 0 bridgehead atoms. The molecule has 0 N–H and O–H groups in total. The standard InChI is InChI=1S/C25H52O3Si2/c1-7-11-13-14-15-16-17-18-19-20-21-23-25-27-30(6,10-4)28-29(5,9-3)26-24-22-12-8-2/h9-10H,3-4,7-8,11-25H2,1-2,5-6H3. The molecule has 0 aliphatic heterocycles. The highest BCUT2D eigenvalue weighted by atomic mass is 28.5. The van der Waals surface area contributed by atoms with Gasteiger partial charge in [-0.25, -0.2) is 0 Å². The molecule has 2 unspecified atom stereocenters.